The minimum atomic E-state index is -1.000. The van der Waals surface area contributed by atoms with E-state index >= 15 is 0 Å². The maximum absolute atomic E-state index is 13.5. The number of aliphatic hydroxyl groups is 1. The number of amides is 1. The van der Waals surface area contributed by atoms with Gasteiger partial charge in [0.2, 0.25) is 0 Å². The summed E-state index contributed by atoms with van der Waals surface area (Å²) in [7, 11) is 0. The molecule has 1 aromatic heterocycles. The van der Waals surface area contributed by atoms with Crippen LogP contribution in [0.5, 0.6) is 5.75 Å². The third-order valence-corrected chi connectivity index (χ3v) is 5.49. The summed E-state index contributed by atoms with van der Waals surface area (Å²) in [6.07, 6.45) is 0.858. The maximum Gasteiger partial charge on any atom is 0.300 e. The molecular weight excluding hydrogens is 425 g/mol. The molecule has 1 aliphatic rings. The number of ketones is 1. The molecule has 1 amide bonds. The SMILES string of the molecule is CCCOc1ccc(/C(O)=C2/C(=O)C(=O)N(c3ccc(F)cc3)C2c2ccc(C)o2)cc1C. The minimum Gasteiger partial charge on any atom is -0.507 e. The molecule has 33 heavy (non-hydrogen) atoms. The van der Waals surface area contributed by atoms with Crippen LogP contribution in [0.25, 0.3) is 5.76 Å². The summed E-state index contributed by atoms with van der Waals surface area (Å²) < 4.78 is 24.9. The summed E-state index contributed by atoms with van der Waals surface area (Å²) in [5, 5.41) is 11.2. The molecule has 1 fully saturated rings. The van der Waals surface area contributed by atoms with Crippen LogP contribution in [0.15, 0.2) is 64.6 Å². The van der Waals surface area contributed by atoms with Crippen LogP contribution in [0.3, 0.4) is 0 Å². The van der Waals surface area contributed by atoms with Crippen molar-refractivity contribution in [3.63, 3.8) is 0 Å². The van der Waals surface area contributed by atoms with Gasteiger partial charge >= 0.3 is 0 Å². The molecule has 0 radical (unpaired) electrons. The van der Waals surface area contributed by atoms with Crippen molar-refractivity contribution in [1.82, 2.24) is 0 Å². The van der Waals surface area contributed by atoms with Gasteiger partial charge in [0.1, 0.15) is 34.9 Å². The van der Waals surface area contributed by atoms with Crippen molar-refractivity contribution in [3.05, 3.63) is 88.6 Å². The predicted octanol–water partition coefficient (Wildman–Crippen LogP) is 5.45. The van der Waals surface area contributed by atoms with E-state index in [2.05, 4.69) is 0 Å². The van der Waals surface area contributed by atoms with Gasteiger partial charge in [-0.1, -0.05) is 6.92 Å². The van der Waals surface area contributed by atoms with Crippen molar-refractivity contribution < 1.29 is 28.2 Å². The van der Waals surface area contributed by atoms with Crippen LogP contribution < -0.4 is 9.64 Å². The van der Waals surface area contributed by atoms with Crippen LogP contribution in [0, 0.1) is 19.7 Å². The van der Waals surface area contributed by atoms with Crippen molar-refractivity contribution in [2.24, 2.45) is 0 Å². The molecule has 4 rings (SSSR count). The van der Waals surface area contributed by atoms with Gasteiger partial charge in [-0.05, 0) is 80.4 Å². The second-order valence-corrected chi connectivity index (χ2v) is 7.92. The summed E-state index contributed by atoms with van der Waals surface area (Å²) in [4.78, 5) is 27.4. The summed E-state index contributed by atoms with van der Waals surface area (Å²) in [5.41, 5.74) is 1.38. The van der Waals surface area contributed by atoms with Crippen molar-refractivity contribution in [1.29, 1.82) is 0 Å². The Morgan fingerprint density at radius 2 is 1.82 bits per heavy atom. The van der Waals surface area contributed by atoms with Crippen molar-refractivity contribution in [2.45, 2.75) is 33.2 Å². The van der Waals surface area contributed by atoms with E-state index in [0.717, 1.165) is 12.0 Å². The van der Waals surface area contributed by atoms with Crippen LogP contribution in [0.4, 0.5) is 10.1 Å². The number of furan rings is 1. The van der Waals surface area contributed by atoms with Gasteiger partial charge in [-0.25, -0.2) is 4.39 Å². The zero-order chi connectivity index (χ0) is 23.7. The second kappa shape index (κ2) is 8.94. The van der Waals surface area contributed by atoms with E-state index < -0.39 is 23.5 Å². The Kier molecular flexibility index (Phi) is 6.05. The smallest absolute Gasteiger partial charge is 0.300 e. The van der Waals surface area contributed by atoms with Gasteiger partial charge < -0.3 is 14.3 Å². The number of hydrogen-bond donors (Lipinski definition) is 1. The van der Waals surface area contributed by atoms with Crippen LogP contribution in [-0.4, -0.2) is 23.4 Å². The van der Waals surface area contributed by atoms with Crippen molar-refractivity contribution in [3.8, 4) is 5.75 Å². The van der Waals surface area contributed by atoms with Crippen LogP contribution in [0.1, 0.15) is 42.0 Å². The first-order valence-corrected chi connectivity index (χ1v) is 10.7. The third kappa shape index (κ3) is 4.14. The molecule has 1 atom stereocenters. The number of aliphatic hydroxyl groups excluding tert-OH is 1. The van der Waals surface area contributed by atoms with E-state index in [-0.39, 0.29) is 11.3 Å². The Bertz CT molecular complexity index is 1240. The molecule has 3 aromatic rings. The summed E-state index contributed by atoms with van der Waals surface area (Å²) in [5.74, 6) is -0.885. The summed E-state index contributed by atoms with van der Waals surface area (Å²) in [6, 6.07) is 12.7. The fraction of sp³-hybridized carbons (Fsp3) is 0.231. The minimum absolute atomic E-state index is 0.0969. The molecule has 6 nitrogen and oxygen atoms in total. The Labute approximate surface area is 190 Å². The molecule has 0 saturated carbocycles. The quantitative estimate of drug-likeness (QED) is 0.307. The Morgan fingerprint density at radius 1 is 1.09 bits per heavy atom. The first-order valence-electron chi connectivity index (χ1n) is 10.7. The molecule has 1 saturated heterocycles. The van der Waals surface area contributed by atoms with E-state index in [1.807, 2.05) is 13.8 Å². The lowest BCUT2D eigenvalue weighted by atomic mass is 9.98. The van der Waals surface area contributed by atoms with Crippen LogP contribution >= 0.6 is 0 Å². The molecule has 170 valence electrons. The number of nitrogens with zero attached hydrogens (tertiary/aromatic N) is 1. The molecule has 0 spiro atoms. The topological polar surface area (TPSA) is 80.0 Å². The zero-order valence-corrected chi connectivity index (χ0v) is 18.6. The fourth-order valence-electron chi connectivity index (χ4n) is 3.90. The summed E-state index contributed by atoms with van der Waals surface area (Å²) in [6.45, 7) is 6.15. The molecule has 2 heterocycles. The van der Waals surface area contributed by atoms with Gasteiger partial charge in [0.15, 0.2) is 0 Å². The lowest BCUT2D eigenvalue weighted by Crippen LogP contribution is -2.29. The highest BCUT2D eigenvalue weighted by molar-refractivity contribution is 6.51. The average Bonchev–Trinajstić information content (AvgIpc) is 3.34. The number of Topliss-reactive ketones (excluding diaryl/α,β-unsaturated/α-hetero) is 1. The van der Waals surface area contributed by atoms with Gasteiger partial charge in [0.05, 0.1) is 12.2 Å². The Morgan fingerprint density at radius 3 is 2.42 bits per heavy atom. The Balaban J connectivity index is 1.85. The van der Waals surface area contributed by atoms with Crippen molar-refractivity contribution >= 4 is 23.1 Å². The molecule has 0 aliphatic carbocycles. The normalized spacial score (nSPS) is 17.6. The number of anilines is 1. The highest BCUT2D eigenvalue weighted by Crippen LogP contribution is 2.43. The van der Waals surface area contributed by atoms with E-state index in [1.54, 1.807) is 37.3 Å². The van der Waals surface area contributed by atoms with E-state index in [9.17, 15) is 19.1 Å². The number of halogens is 1. The number of aryl methyl sites for hydroxylation is 2. The molecule has 1 unspecified atom stereocenters. The Hall–Kier alpha value is -3.87. The fourth-order valence-corrected chi connectivity index (χ4v) is 3.90. The van der Waals surface area contributed by atoms with Gasteiger partial charge in [-0.3, -0.25) is 14.5 Å². The van der Waals surface area contributed by atoms with Gasteiger partial charge in [-0.15, -0.1) is 0 Å². The van der Waals surface area contributed by atoms with E-state index in [0.29, 0.717) is 35.1 Å². The number of carbonyl (C=O) groups excluding carboxylic acids is 2. The number of ether oxygens (including phenoxy) is 1. The van der Waals surface area contributed by atoms with E-state index in [4.69, 9.17) is 9.15 Å². The number of carbonyl (C=O) groups is 2. The van der Waals surface area contributed by atoms with Gasteiger partial charge in [0, 0.05) is 11.3 Å². The van der Waals surface area contributed by atoms with Crippen LogP contribution in [0.2, 0.25) is 0 Å². The average molecular weight is 449 g/mol. The lowest BCUT2D eigenvalue weighted by molar-refractivity contribution is -0.132. The zero-order valence-electron chi connectivity index (χ0n) is 18.6. The highest BCUT2D eigenvalue weighted by atomic mass is 19.1. The van der Waals surface area contributed by atoms with Gasteiger partial charge in [0.25, 0.3) is 11.7 Å². The summed E-state index contributed by atoms with van der Waals surface area (Å²) >= 11 is 0. The van der Waals surface area contributed by atoms with Crippen LogP contribution in [-0.2, 0) is 9.59 Å². The maximum atomic E-state index is 13.5. The first kappa shape index (κ1) is 22.3. The predicted molar refractivity (Wildman–Crippen MR) is 122 cm³/mol. The molecule has 7 heteroatoms. The molecular formula is C26H24FNO5. The molecule has 1 N–H and O–H groups in total. The standard InChI is InChI=1S/C26H24FNO5/c1-4-13-32-20-12-6-17(14-15(20)2)24(29)22-23(21-11-5-16(3)33-21)28(26(31)25(22)30)19-9-7-18(27)8-10-19/h5-12,14,23,29H,4,13H2,1-3H3/b24-22-. The van der Waals surface area contributed by atoms with Crippen molar-refractivity contribution in [2.75, 3.05) is 11.5 Å². The largest absolute Gasteiger partial charge is 0.507 e. The monoisotopic (exact) mass is 449 g/mol. The second-order valence-electron chi connectivity index (χ2n) is 7.92. The molecule has 1 aliphatic heterocycles. The molecule has 0 bridgehead atoms. The van der Waals surface area contributed by atoms with E-state index in [1.165, 1.54) is 29.2 Å². The lowest BCUT2D eigenvalue weighted by Gasteiger charge is -2.23. The van der Waals surface area contributed by atoms with Gasteiger partial charge in [-0.2, -0.15) is 0 Å². The number of hydrogen-bond acceptors (Lipinski definition) is 5. The molecule has 2 aromatic carbocycles. The number of rotatable bonds is 6. The third-order valence-electron chi connectivity index (χ3n) is 5.49. The number of benzene rings is 2. The first-order chi connectivity index (χ1) is 15.8. The highest BCUT2D eigenvalue weighted by Gasteiger charge is 2.48.